The van der Waals surface area contributed by atoms with Gasteiger partial charge in [-0.15, -0.1) is 0 Å². The van der Waals surface area contributed by atoms with Crippen LogP contribution < -0.4 is 5.73 Å². The Hall–Kier alpha value is -2.62. The fourth-order valence-corrected chi connectivity index (χ4v) is 3.61. The lowest BCUT2D eigenvalue weighted by molar-refractivity contribution is 0.432. The van der Waals surface area contributed by atoms with E-state index in [0.29, 0.717) is 17.6 Å². The molecular weight excluding hydrogens is 310 g/mol. The van der Waals surface area contributed by atoms with Crippen molar-refractivity contribution in [1.29, 1.82) is 0 Å². The van der Waals surface area contributed by atoms with Gasteiger partial charge in [-0.2, -0.15) is 4.98 Å². The molecule has 25 heavy (non-hydrogen) atoms. The van der Waals surface area contributed by atoms with Gasteiger partial charge in [-0.05, 0) is 67.1 Å². The van der Waals surface area contributed by atoms with Gasteiger partial charge in [-0.25, -0.2) is 0 Å². The number of aromatic nitrogens is 2. The second-order valence-electron chi connectivity index (χ2n) is 6.95. The lowest BCUT2D eigenvalue weighted by atomic mass is 9.84. The molecule has 128 valence electrons. The molecule has 1 aromatic heterocycles. The van der Waals surface area contributed by atoms with Crippen LogP contribution >= 0.6 is 0 Å². The average molecular weight is 333 g/mol. The average Bonchev–Trinajstić information content (AvgIpc) is 3.15. The van der Waals surface area contributed by atoms with E-state index < -0.39 is 0 Å². The maximum atomic E-state index is 5.87. The van der Waals surface area contributed by atoms with Gasteiger partial charge in [0.25, 0.3) is 5.89 Å². The lowest BCUT2D eigenvalue weighted by Gasteiger charge is -2.21. The molecule has 1 saturated carbocycles. The number of nitrogens with zero attached hydrogens (tertiary/aromatic N) is 2. The number of nitrogen functional groups attached to an aromatic ring is 1. The molecule has 4 heteroatoms. The largest absolute Gasteiger partial charge is 0.399 e. The van der Waals surface area contributed by atoms with Crippen molar-refractivity contribution in [2.75, 3.05) is 5.73 Å². The van der Waals surface area contributed by atoms with Gasteiger partial charge in [0.05, 0.1) is 0 Å². The summed E-state index contributed by atoms with van der Waals surface area (Å²) in [5, 5.41) is 4.12. The highest BCUT2D eigenvalue weighted by molar-refractivity contribution is 5.64. The molecule has 0 unspecified atom stereocenters. The van der Waals surface area contributed by atoms with E-state index in [-0.39, 0.29) is 0 Å². The molecule has 0 atom stereocenters. The summed E-state index contributed by atoms with van der Waals surface area (Å²) in [6.45, 7) is 1.98. The molecule has 0 spiro atoms. The number of anilines is 1. The van der Waals surface area contributed by atoms with Gasteiger partial charge in [0, 0.05) is 16.8 Å². The van der Waals surface area contributed by atoms with Crippen LogP contribution in [0.5, 0.6) is 0 Å². The van der Waals surface area contributed by atoms with Crippen LogP contribution in [0.4, 0.5) is 5.69 Å². The van der Waals surface area contributed by atoms with Gasteiger partial charge in [-0.1, -0.05) is 36.6 Å². The second kappa shape index (κ2) is 6.71. The Labute approximate surface area is 148 Å². The molecule has 4 nitrogen and oxygen atoms in total. The predicted octanol–water partition coefficient (Wildman–Crippen LogP) is 5.34. The Morgan fingerprint density at radius 2 is 1.68 bits per heavy atom. The van der Waals surface area contributed by atoms with Crippen LogP contribution in [0.25, 0.3) is 22.8 Å². The molecule has 0 bridgehead atoms. The smallest absolute Gasteiger partial charge is 0.258 e. The van der Waals surface area contributed by atoms with Crippen molar-refractivity contribution in [2.45, 2.75) is 44.9 Å². The summed E-state index contributed by atoms with van der Waals surface area (Å²) in [7, 11) is 0. The number of rotatable bonds is 3. The van der Waals surface area contributed by atoms with Crippen LogP contribution in [-0.4, -0.2) is 10.1 Å². The molecule has 0 amide bonds. The first-order valence-corrected chi connectivity index (χ1v) is 9.01. The van der Waals surface area contributed by atoms with Crippen molar-refractivity contribution < 1.29 is 4.52 Å². The molecule has 4 rings (SSSR count). The molecule has 3 aromatic rings. The van der Waals surface area contributed by atoms with E-state index in [1.165, 1.54) is 37.7 Å². The Balaban J connectivity index is 1.56. The van der Waals surface area contributed by atoms with E-state index in [4.69, 9.17) is 10.3 Å². The molecule has 1 aliphatic carbocycles. The van der Waals surface area contributed by atoms with Crippen molar-refractivity contribution in [3.05, 3.63) is 53.6 Å². The third kappa shape index (κ3) is 3.29. The van der Waals surface area contributed by atoms with E-state index in [9.17, 15) is 0 Å². The Morgan fingerprint density at radius 1 is 0.960 bits per heavy atom. The van der Waals surface area contributed by atoms with Crippen molar-refractivity contribution >= 4 is 5.69 Å². The van der Waals surface area contributed by atoms with Crippen LogP contribution in [0.3, 0.4) is 0 Å². The first-order valence-electron chi connectivity index (χ1n) is 9.01. The zero-order valence-electron chi connectivity index (χ0n) is 14.5. The van der Waals surface area contributed by atoms with E-state index in [1.807, 2.05) is 25.1 Å². The van der Waals surface area contributed by atoms with Gasteiger partial charge in [0.15, 0.2) is 0 Å². The van der Waals surface area contributed by atoms with Gasteiger partial charge < -0.3 is 10.3 Å². The summed E-state index contributed by atoms with van der Waals surface area (Å²) in [6, 6.07) is 14.4. The normalized spacial score (nSPS) is 15.4. The topological polar surface area (TPSA) is 64.9 Å². The van der Waals surface area contributed by atoms with Gasteiger partial charge in [-0.3, -0.25) is 0 Å². The molecule has 0 saturated heterocycles. The predicted molar refractivity (Wildman–Crippen MR) is 100 cm³/mol. The third-order valence-electron chi connectivity index (χ3n) is 5.19. The molecule has 1 heterocycles. The summed E-state index contributed by atoms with van der Waals surface area (Å²) in [4.78, 5) is 4.55. The summed E-state index contributed by atoms with van der Waals surface area (Å²) in [5.74, 6) is 1.85. The Kier molecular flexibility index (Phi) is 4.26. The van der Waals surface area contributed by atoms with Gasteiger partial charge in [0.1, 0.15) is 0 Å². The Morgan fingerprint density at radius 3 is 2.40 bits per heavy atom. The summed E-state index contributed by atoms with van der Waals surface area (Å²) >= 11 is 0. The number of hydrogen-bond donors (Lipinski definition) is 1. The number of nitrogens with two attached hydrogens (primary N) is 1. The van der Waals surface area contributed by atoms with Crippen molar-refractivity contribution in [1.82, 2.24) is 10.1 Å². The van der Waals surface area contributed by atoms with Crippen LogP contribution in [0.15, 0.2) is 47.0 Å². The number of hydrogen-bond acceptors (Lipinski definition) is 4. The number of aryl methyl sites for hydroxylation is 1. The first-order chi connectivity index (χ1) is 12.2. The molecular formula is C21H23N3O. The highest BCUT2D eigenvalue weighted by Gasteiger charge is 2.16. The molecule has 2 N–H and O–H groups in total. The van der Waals surface area contributed by atoms with E-state index in [0.717, 1.165) is 22.4 Å². The Bertz CT molecular complexity index is 861. The quantitative estimate of drug-likeness (QED) is 0.657. The maximum absolute atomic E-state index is 5.87. The molecule has 1 aliphatic rings. The lowest BCUT2D eigenvalue weighted by Crippen LogP contribution is -2.04. The maximum Gasteiger partial charge on any atom is 0.258 e. The van der Waals surface area contributed by atoms with Crippen molar-refractivity contribution in [3.63, 3.8) is 0 Å². The highest BCUT2D eigenvalue weighted by atomic mass is 16.5. The van der Waals surface area contributed by atoms with E-state index >= 15 is 0 Å². The van der Waals surface area contributed by atoms with Gasteiger partial charge >= 0.3 is 0 Å². The molecule has 0 radical (unpaired) electrons. The fraction of sp³-hybridized carbons (Fsp3) is 0.333. The first kappa shape index (κ1) is 15.9. The van der Waals surface area contributed by atoms with Crippen molar-refractivity contribution in [2.24, 2.45) is 0 Å². The summed E-state index contributed by atoms with van der Waals surface area (Å²) in [5.41, 5.74) is 11.0. The fourth-order valence-electron chi connectivity index (χ4n) is 3.61. The minimum Gasteiger partial charge on any atom is -0.399 e. The van der Waals surface area contributed by atoms with Crippen molar-refractivity contribution in [3.8, 4) is 22.8 Å². The molecule has 2 aromatic carbocycles. The van der Waals surface area contributed by atoms with Crippen LogP contribution in [-0.2, 0) is 0 Å². The van der Waals surface area contributed by atoms with E-state index in [1.54, 1.807) is 0 Å². The van der Waals surface area contributed by atoms with Gasteiger partial charge in [0.2, 0.25) is 5.82 Å². The minimum absolute atomic E-state index is 0.555. The van der Waals surface area contributed by atoms with Crippen LogP contribution in [0.2, 0.25) is 0 Å². The molecule has 1 fully saturated rings. The summed E-state index contributed by atoms with van der Waals surface area (Å²) in [6.07, 6.45) is 6.69. The molecule has 0 aliphatic heterocycles. The third-order valence-corrected chi connectivity index (χ3v) is 5.19. The number of benzene rings is 2. The van der Waals surface area contributed by atoms with Crippen LogP contribution in [0.1, 0.15) is 49.1 Å². The monoisotopic (exact) mass is 333 g/mol. The zero-order chi connectivity index (χ0) is 17.2. The highest BCUT2D eigenvalue weighted by Crippen LogP contribution is 2.33. The zero-order valence-corrected chi connectivity index (χ0v) is 14.5. The van der Waals surface area contributed by atoms with E-state index in [2.05, 4.69) is 34.4 Å². The van der Waals surface area contributed by atoms with Crippen LogP contribution in [0, 0.1) is 6.92 Å². The SMILES string of the molecule is Cc1cc(-c2noc(-c3ccc(C4CCCCC4)cc3)n2)ccc1N. The standard InChI is InChI=1S/C21H23N3O/c1-14-13-18(11-12-19(14)22)20-23-21(25-24-20)17-9-7-16(8-10-17)15-5-3-2-4-6-15/h7-13,15H,2-6,22H2,1H3. The second-order valence-corrected chi connectivity index (χ2v) is 6.95. The minimum atomic E-state index is 0.555. The summed E-state index contributed by atoms with van der Waals surface area (Å²) < 4.78 is 5.47.